The Labute approximate surface area is 155 Å². The number of pyridine rings is 1. The second-order valence-corrected chi connectivity index (χ2v) is 7.17. The lowest BCUT2D eigenvalue weighted by Crippen LogP contribution is -2.34. The number of hydrogen-bond donors (Lipinski definition) is 1. The molecule has 0 unspecified atom stereocenters. The molecule has 134 valence electrons. The molecule has 0 bridgehead atoms. The van der Waals surface area contributed by atoms with Crippen molar-refractivity contribution in [1.82, 2.24) is 14.7 Å². The number of nitrogens with two attached hydrogens (primary N) is 1. The van der Waals surface area contributed by atoms with Gasteiger partial charge in [0.25, 0.3) is 11.4 Å². The van der Waals surface area contributed by atoms with Gasteiger partial charge in [-0.3, -0.25) is 4.79 Å². The molecule has 1 aliphatic rings. The van der Waals surface area contributed by atoms with Crippen LogP contribution in [0.25, 0.3) is 11.5 Å². The van der Waals surface area contributed by atoms with E-state index in [4.69, 9.17) is 21.9 Å². The van der Waals surface area contributed by atoms with Gasteiger partial charge in [0.15, 0.2) is 5.82 Å². The molecule has 0 spiro atoms. The van der Waals surface area contributed by atoms with E-state index in [9.17, 15) is 4.79 Å². The van der Waals surface area contributed by atoms with Gasteiger partial charge in [0.1, 0.15) is 0 Å². The first-order valence-corrected chi connectivity index (χ1v) is 9.00. The minimum atomic E-state index is -0.506. The topological polar surface area (TPSA) is 86.9 Å². The number of hydrogen-bond acceptors (Lipinski definition) is 5. The van der Waals surface area contributed by atoms with Crippen LogP contribution in [0.4, 0.5) is 0 Å². The first-order chi connectivity index (χ1) is 12.5. The molecule has 0 radical (unpaired) electrons. The van der Waals surface area contributed by atoms with Crippen molar-refractivity contribution in [1.29, 1.82) is 0 Å². The maximum absolute atomic E-state index is 12.2. The first kappa shape index (κ1) is 17.0. The molecule has 4 rings (SSSR count). The van der Waals surface area contributed by atoms with E-state index in [0.717, 1.165) is 31.2 Å². The Hall–Kier alpha value is -2.44. The van der Waals surface area contributed by atoms with E-state index in [0.29, 0.717) is 28.8 Å². The van der Waals surface area contributed by atoms with Crippen LogP contribution in [-0.2, 0) is 12.1 Å². The molecule has 6 nitrogen and oxygen atoms in total. The fraction of sp³-hybridized carbons (Fsp3) is 0.316. The van der Waals surface area contributed by atoms with Crippen LogP contribution in [0.2, 0.25) is 5.02 Å². The molecule has 0 aliphatic heterocycles. The van der Waals surface area contributed by atoms with Crippen molar-refractivity contribution in [2.75, 3.05) is 0 Å². The molecule has 1 saturated carbocycles. The second kappa shape index (κ2) is 6.70. The van der Waals surface area contributed by atoms with E-state index in [2.05, 4.69) is 10.1 Å². The molecule has 2 heterocycles. The fourth-order valence-corrected chi connectivity index (χ4v) is 3.56. The summed E-state index contributed by atoms with van der Waals surface area (Å²) in [5.41, 5.74) is 7.30. The second-order valence-electron chi connectivity index (χ2n) is 6.76. The summed E-state index contributed by atoms with van der Waals surface area (Å²) in [4.78, 5) is 16.7. The van der Waals surface area contributed by atoms with E-state index < -0.39 is 5.54 Å². The Bertz CT molecular complexity index is 989. The number of halogens is 1. The van der Waals surface area contributed by atoms with Crippen LogP contribution in [0.15, 0.2) is 51.9 Å². The lowest BCUT2D eigenvalue weighted by Gasteiger charge is -2.17. The minimum Gasteiger partial charge on any atom is -0.334 e. The molecule has 1 fully saturated rings. The molecular weight excluding hydrogens is 352 g/mol. The van der Waals surface area contributed by atoms with Gasteiger partial charge in [0, 0.05) is 17.3 Å². The summed E-state index contributed by atoms with van der Waals surface area (Å²) in [7, 11) is 0. The molecule has 0 atom stereocenters. The van der Waals surface area contributed by atoms with E-state index in [1.807, 2.05) is 18.2 Å². The number of nitrogens with zero attached hydrogens (tertiary/aromatic N) is 3. The van der Waals surface area contributed by atoms with Crippen molar-refractivity contribution in [3.63, 3.8) is 0 Å². The van der Waals surface area contributed by atoms with Gasteiger partial charge in [-0.05, 0) is 30.5 Å². The van der Waals surface area contributed by atoms with Crippen LogP contribution in [-0.4, -0.2) is 14.7 Å². The average molecular weight is 371 g/mol. The highest BCUT2D eigenvalue weighted by Gasteiger charge is 2.36. The predicted octanol–water partition coefficient (Wildman–Crippen LogP) is 3.33. The highest BCUT2D eigenvalue weighted by molar-refractivity contribution is 6.31. The summed E-state index contributed by atoms with van der Waals surface area (Å²) in [6, 6.07) is 10.6. The van der Waals surface area contributed by atoms with Gasteiger partial charge in [0.2, 0.25) is 0 Å². The quantitative estimate of drug-likeness (QED) is 0.761. The van der Waals surface area contributed by atoms with Crippen molar-refractivity contribution in [3.8, 4) is 11.5 Å². The Morgan fingerprint density at radius 3 is 2.73 bits per heavy atom. The third kappa shape index (κ3) is 3.18. The van der Waals surface area contributed by atoms with Gasteiger partial charge < -0.3 is 14.8 Å². The summed E-state index contributed by atoms with van der Waals surface area (Å²) in [6.07, 6.45) is 5.57. The average Bonchev–Trinajstić information content (AvgIpc) is 3.29. The normalized spacial score (nSPS) is 16.1. The lowest BCUT2D eigenvalue weighted by atomic mass is 9.99. The van der Waals surface area contributed by atoms with Gasteiger partial charge in [-0.2, -0.15) is 4.98 Å². The van der Waals surface area contributed by atoms with Gasteiger partial charge in [-0.15, -0.1) is 0 Å². The minimum absolute atomic E-state index is 0.125. The van der Waals surface area contributed by atoms with Crippen LogP contribution >= 0.6 is 11.6 Å². The predicted molar refractivity (Wildman–Crippen MR) is 98.9 cm³/mol. The summed E-state index contributed by atoms with van der Waals surface area (Å²) >= 11 is 6.20. The van der Waals surface area contributed by atoms with Crippen LogP contribution in [0.5, 0.6) is 0 Å². The Morgan fingerprint density at radius 2 is 1.96 bits per heavy atom. The monoisotopic (exact) mass is 370 g/mol. The van der Waals surface area contributed by atoms with Crippen molar-refractivity contribution >= 4 is 11.6 Å². The zero-order valence-corrected chi connectivity index (χ0v) is 14.9. The molecule has 1 aromatic carbocycles. The number of aromatic nitrogens is 3. The third-order valence-corrected chi connectivity index (χ3v) is 5.26. The number of benzene rings is 1. The van der Waals surface area contributed by atoms with Gasteiger partial charge in [-0.25, -0.2) is 0 Å². The van der Waals surface area contributed by atoms with Crippen molar-refractivity contribution < 1.29 is 4.52 Å². The van der Waals surface area contributed by atoms with E-state index >= 15 is 0 Å². The van der Waals surface area contributed by atoms with E-state index in [-0.39, 0.29) is 5.56 Å². The first-order valence-electron chi connectivity index (χ1n) is 8.62. The molecule has 2 N–H and O–H groups in total. The van der Waals surface area contributed by atoms with E-state index in [1.165, 1.54) is 6.07 Å². The van der Waals surface area contributed by atoms with Crippen LogP contribution in [0.3, 0.4) is 0 Å². The summed E-state index contributed by atoms with van der Waals surface area (Å²) in [5.74, 6) is 0.901. The Morgan fingerprint density at radius 1 is 1.19 bits per heavy atom. The molecule has 7 heteroatoms. The highest BCUT2D eigenvalue weighted by Crippen LogP contribution is 2.35. The van der Waals surface area contributed by atoms with Crippen molar-refractivity contribution in [2.45, 2.75) is 37.8 Å². The van der Waals surface area contributed by atoms with E-state index in [1.54, 1.807) is 22.9 Å². The Kier molecular flexibility index (Phi) is 4.38. The lowest BCUT2D eigenvalue weighted by molar-refractivity contribution is 0.372. The third-order valence-electron chi connectivity index (χ3n) is 4.90. The molecule has 2 aromatic heterocycles. The Balaban J connectivity index is 1.65. The number of rotatable bonds is 4. The molecular formula is C19H19ClN4O2. The molecule has 0 amide bonds. The maximum Gasteiger partial charge on any atom is 0.259 e. The van der Waals surface area contributed by atoms with Gasteiger partial charge in [-0.1, -0.05) is 47.8 Å². The summed E-state index contributed by atoms with van der Waals surface area (Å²) in [6.45, 7) is 0.369. The van der Waals surface area contributed by atoms with Crippen molar-refractivity contribution in [3.05, 3.63) is 69.4 Å². The maximum atomic E-state index is 12.2. The highest BCUT2D eigenvalue weighted by atomic mass is 35.5. The fourth-order valence-electron chi connectivity index (χ4n) is 3.36. The zero-order chi connectivity index (χ0) is 18.1. The smallest absolute Gasteiger partial charge is 0.259 e. The van der Waals surface area contributed by atoms with Gasteiger partial charge >= 0.3 is 0 Å². The van der Waals surface area contributed by atoms with Gasteiger partial charge in [0.05, 0.1) is 17.6 Å². The molecule has 0 saturated heterocycles. The SMILES string of the molecule is NC1(c2noc(-c3ccc(=O)n(Cc4ccccc4Cl)c3)n2)CCCC1. The van der Waals surface area contributed by atoms with Crippen LogP contribution < -0.4 is 11.3 Å². The molecule has 26 heavy (non-hydrogen) atoms. The standard InChI is InChI=1S/C19H19ClN4O2/c20-15-6-2-1-5-13(15)11-24-12-14(7-8-16(24)25)17-22-18(23-26-17)19(21)9-3-4-10-19/h1-2,5-8,12H,3-4,9-11,21H2. The summed E-state index contributed by atoms with van der Waals surface area (Å²) in [5, 5.41) is 4.70. The zero-order valence-electron chi connectivity index (χ0n) is 14.2. The van der Waals surface area contributed by atoms with Crippen molar-refractivity contribution in [2.24, 2.45) is 5.73 Å². The largest absolute Gasteiger partial charge is 0.334 e. The van der Waals surface area contributed by atoms with Crippen LogP contribution in [0, 0.1) is 0 Å². The summed E-state index contributed by atoms with van der Waals surface area (Å²) < 4.78 is 6.99. The molecule has 3 aromatic rings. The van der Waals surface area contributed by atoms with Crippen LogP contribution in [0.1, 0.15) is 37.1 Å². The molecule has 1 aliphatic carbocycles.